The molecule has 0 aromatic heterocycles. The summed E-state index contributed by atoms with van der Waals surface area (Å²) < 4.78 is 0.761. The highest BCUT2D eigenvalue weighted by molar-refractivity contribution is 9.10. The Bertz CT molecular complexity index is 435. The van der Waals surface area contributed by atoms with Crippen LogP contribution in [0.15, 0.2) is 22.7 Å². The highest BCUT2D eigenvalue weighted by Crippen LogP contribution is 2.33. The van der Waals surface area contributed by atoms with E-state index < -0.39 is 6.04 Å². The molecule has 0 saturated heterocycles. The molecule has 0 bridgehead atoms. The molecule has 0 unspecified atom stereocenters. The first-order chi connectivity index (χ1) is 8.06. The van der Waals surface area contributed by atoms with E-state index in [4.69, 9.17) is 17.3 Å². The smallest absolute Gasteiger partial charge is 0.241 e. The van der Waals surface area contributed by atoms with Crippen LogP contribution in [0.25, 0.3) is 0 Å². The zero-order valence-electron chi connectivity index (χ0n) is 9.25. The molecule has 1 aromatic rings. The highest BCUT2D eigenvalue weighted by Gasteiger charge is 2.27. The number of nitrogens with two attached hydrogens (primary N) is 1. The summed E-state index contributed by atoms with van der Waals surface area (Å²) in [6, 6.07) is 4.80. The Balaban J connectivity index is 1.96. The normalized spacial score (nSPS) is 16.6. The summed E-state index contributed by atoms with van der Waals surface area (Å²) in [4.78, 5) is 11.8. The van der Waals surface area contributed by atoms with Gasteiger partial charge in [0, 0.05) is 9.50 Å². The van der Waals surface area contributed by atoms with E-state index in [2.05, 4.69) is 21.2 Å². The Labute approximate surface area is 114 Å². The van der Waals surface area contributed by atoms with Gasteiger partial charge in [-0.3, -0.25) is 4.79 Å². The van der Waals surface area contributed by atoms with Crippen molar-refractivity contribution in [3.05, 3.63) is 27.7 Å². The lowest BCUT2D eigenvalue weighted by molar-refractivity contribution is -0.117. The van der Waals surface area contributed by atoms with Crippen LogP contribution in [0.3, 0.4) is 0 Å². The standard InChI is InChI=1S/C12H14BrClN2O/c13-9-6-8(14)3-4-11(9)16-12(17)10(15)5-7-1-2-7/h3-4,6-7,10H,1-2,5,15H2,(H,16,17)/t10-/m0/s1. The Hall–Kier alpha value is -0.580. The third-order valence-electron chi connectivity index (χ3n) is 2.81. The zero-order chi connectivity index (χ0) is 12.4. The summed E-state index contributed by atoms with van der Waals surface area (Å²) in [6.45, 7) is 0. The first-order valence-electron chi connectivity index (χ1n) is 5.58. The van der Waals surface area contributed by atoms with Crippen LogP contribution < -0.4 is 11.1 Å². The second kappa shape index (κ2) is 5.38. The van der Waals surface area contributed by atoms with Gasteiger partial charge in [0.25, 0.3) is 0 Å². The van der Waals surface area contributed by atoms with Gasteiger partial charge in [-0.25, -0.2) is 0 Å². The molecule has 92 valence electrons. The van der Waals surface area contributed by atoms with Gasteiger partial charge in [-0.05, 0) is 46.5 Å². The molecular formula is C12H14BrClN2O. The van der Waals surface area contributed by atoms with Gasteiger partial charge in [0.1, 0.15) is 0 Å². The highest BCUT2D eigenvalue weighted by atomic mass is 79.9. The molecule has 1 aromatic carbocycles. The van der Waals surface area contributed by atoms with Crippen molar-refractivity contribution >= 4 is 39.1 Å². The second-order valence-corrected chi connectivity index (χ2v) is 5.69. The number of carbonyl (C=O) groups is 1. The van der Waals surface area contributed by atoms with Gasteiger partial charge in [0.05, 0.1) is 11.7 Å². The summed E-state index contributed by atoms with van der Waals surface area (Å²) in [6.07, 6.45) is 3.17. The maximum absolute atomic E-state index is 11.8. The van der Waals surface area contributed by atoms with Crippen LogP contribution >= 0.6 is 27.5 Å². The zero-order valence-corrected chi connectivity index (χ0v) is 11.6. The topological polar surface area (TPSA) is 55.1 Å². The fraction of sp³-hybridized carbons (Fsp3) is 0.417. The largest absolute Gasteiger partial charge is 0.324 e. The fourth-order valence-electron chi connectivity index (χ4n) is 1.64. The van der Waals surface area contributed by atoms with Crippen molar-refractivity contribution in [1.82, 2.24) is 0 Å². The maximum atomic E-state index is 11.8. The first-order valence-corrected chi connectivity index (χ1v) is 6.75. The number of hydrogen-bond acceptors (Lipinski definition) is 2. The molecule has 3 nitrogen and oxygen atoms in total. The summed E-state index contributed by atoms with van der Waals surface area (Å²) in [5.41, 5.74) is 6.53. The van der Waals surface area contributed by atoms with E-state index in [1.807, 2.05) is 0 Å². The van der Waals surface area contributed by atoms with Crippen LogP contribution in [0.2, 0.25) is 5.02 Å². The van der Waals surface area contributed by atoms with E-state index in [0.717, 1.165) is 10.9 Å². The molecule has 0 spiro atoms. The molecule has 5 heteroatoms. The summed E-state index contributed by atoms with van der Waals surface area (Å²) in [5.74, 6) is 0.504. The minimum Gasteiger partial charge on any atom is -0.324 e. The molecular weight excluding hydrogens is 304 g/mol. The number of nitrogens with one attached hydrogen (secondary N) is 1. The van der Waals surface area contributed by atoms with Crippen molar-refractivity contribution in [2.45, 2.75) is 25.3 Å². The van der Waals surface area contributed by atoms with Gasteiger partial charge < -0.3 is 11.1 Å². The van der Waals surface area contributed by atoms with Crippen LogP contribution in [-0.2, 0) is 4.79 Å². The second-order valence-electron chi connectivity index (χ2n) is 4.40. The summed E-state index contributed by atoms with van der Waals surface area (Å²) in [7, 11) is 0. The average Bonchev–Trinajstić information content (AvgIpc) is 3.06. The Morgan fingerprint density at radius 2 is 2.29 bits per heavy atom. The molecule has 3 N–H and O–H groups in total. The SMILES string of the molecule is N[C@@H](CC1CC1)C(=O)Nc1ccc(Cl)cc1Br. The van der Waals surface area contributed by atoms with Crippen molar-refractivity contribution < 1.29 is 4.79 Å². The molecule has 0 heterocycles. The molecule has 1 aliphatic carbocycles. The van der Waals surface area contributed by atoms with Gasteiger partial charge in [0.2, 0.25) is 5.91 Å². The van der Waals surface area contributed by atoms with Crippen LogP contribution in [0.5, 0.6) is 0 Å². The van der Waals surface area contributed by atoms with E-state index >= 15 is 0 Å². The van der Waals surface area contributed by atoms with Crippen LogP contribution in [-0.4, -0.2) is 11.9 Å². The third kappa shape index (κ3) is 3.69. The average molecular weight is 318 g/mol. The van der Waals surface area contributed by atoms with Crippen LogP contribution in [0.1, 0.15) is 19.3 Å². The van der Waals surface area contributed by atoms with E-state index in [0.29, 0.717) is 16.6 Å². The molecule has 17 heavy (non-hydrogen) atoms. The van der Waals surface area contributed by atoms with Crippen molar-refractivity contribution in [1.29, 1.82) is 0 Å². The number of carbonyl (C=O) groups excluding carboxylic acids is 1. The monoisotopic (exact) mass is 316 g/mol. The number of rotatable bonds is 4. The Morgan fingerprint density at radius 3 is 2.88 bits per heavy atom. The quantitative estimate of drug-likeness (QED) is 0.896. The molecule has 0 radical (unpaired) electrons. The molecule has 1 atom stereocenters. The van der Waals surface area contributed by atoms with E-state index in [1.165, 1.54) is 12.8 Å². The molecule has 1 fully saturated rings. The van der Waals surface area contributed by atoms with E-state index in [9.17, 15) is 4.79 Å². The van der Waals surface area contributed by atoms with Crippen molar-refractivity contribution in [3.8, 4) is 0 Å². The van der Waals surface area contributed by atoms with Gasteiger partial charge in [-0.15, -0.1) is 0 Å². The molecule has 1 amide bonds. The molecule has 1 saturated carbocycles. The van der Waals surface area contributed by atoms with Gasteiger partial charge >= 0.3 is 0 Å². The van der Waals surface area contributed by atoms with Gasteiger partial charge in [0.15, 0.2) is 0 Å². The van der Waals surface area contributed by atoms with E-state index in [-0.39, 0.29) is 5.91 Å². The number of amides is 1. The molecule has 1 aliphatic rings. The molecule has 0 aliphatic heterocycles. The minimum absolute atomic E-state index is 0.139. The predicted molar refractivity (Wildman–Crippen MR) is 73.1 cm³/mol. The number of halogens is 2. The predicted octanol–water partition coefficient (Wildman–Crippen LogP) is 3.17. The van der Waals surface area contributed by atoms with Crippen LogP contribution in [0.4, 0.5) is 5.69 Å². The third-order valence-corrected chi connectivity index (χ3v) is 3.70. The minimum atomic E-state index is -0.426. The number of hydrogen-bond donors (Lipinski definition) is 2. The van der Waals surface area contributed by atoms with Crippen molar-refractivity contribution in [3.63, 3.8) is 0 Å². The Morgan fingerprint density at radius 1 is 1.59 bits per heavy atom. The first kappa shape index (κ1) is 12.9. The summed E-state index contributed by atoms with van der Waals surface area (Å²) in [5, 5.41) is 3.42. The van der Waals surface area contributed by atoms with Crippen molar-refractivity contribution in [2.75, 3.05) is 5.32 Å². The Kier molecular flexibility index (Phi) is 4.07. The molecule has 2 rings (SSSR count). The maximum Gasteiger partial charge on any atom is 0.241 e. The fourth-order valence-corrected chi connectivity index (χ4v) is 2.42. The number of anilines is 1. The van der Waals surface area contributed by atoms with E-state index in [1.54, 1.807) is 18.2 Å². The van der Waals surface area contributed by atoms with Gasteiger partial charge in [-0.2, -0.15) is 0 Å². The summed E-state index contributed by atoms with van der Waals surface area (Å²) >= 11 is 9.17. The lowest BCUT2D eigenvalue weighted by Crippen LogP contribution is -2.36. The van der Waals surface area contributed by atoms with Gasteiger partial charge in [-0.1, -0.05) is 24.4 Å². The number of benzene rings is 1. The van der Waals surface area contributed by atoms with Crippen molar-refractivity contribution in [2.24, 2.45) is 11.7 Å². The van der Waals surface area contributed by atoms with Crippen LogP contribution in [0, 0.1) is 5.92 Å². The lowest BCUT2D eigenvalue weighted by atomic mass is 10.1. The lowest BCUT2D eigenvalue weighted by Gasteiger charge is -2.12.